The van der Waals surface area contributed by atoms with Gasteiger partial charge in [0.1, 0.15) is 36.6 Å². The van der Waals surface area contributed by atoms with Crippen LogP contribution in [0.15, 0.2) is 0 Å². The molecule has 24 heavy (non-hydrogen) atoms. The molecule has 2 fully saturated rings. The minimum atomic E-state index is -1.58. The maximum absolute atomic E-state index is 10.3. The summed E-state index contributed by atoms with van der Waals surface area (Å²) in [5.74, 6) is -0.486. The van der Waals surface area contributed by atoms with E-state index in [9.17, 15) is 30.6 Å². The summed E-state index contributed by atoms with van der Waals surface area (Å²) in [5.41, 5.74) is 0. The molecule has 0 aromatic carbocycles. The molecule has 6 N–H and O–H groups in total. The zero-order chi connectivity index (χ0) is 18.0. The van der Waals surface area contributed by atoms with E-state index < -0.39 is 74.4 Å². The van der Waals surface area contributed by atoms with Gasteiger partial charge in [-0.2, -0.15) is 0 Å². The molecule has 0 aliphatic carbocycles. The van der Waals surface area contributed by atoms with Crippen molar-refractivity contribution in [2.75, 3.05) is 20.3 Å². The fraction of sp³-hybridized carbons (Fsp3) is 1.00. The van der Waals surface area contributed by atoms with Crippen LogP contribution in [-0.4, -0.2) is 106 Å². The molecule has 2 rings (SSSR count). The Balaban J connectivity index is 2.14. The lowest BCUT2D eigenvalue weighted by atomic mass is 9.91. The smallest absolute Gasteiger partial charge is 0.187 e. The average molecular weight is 354 g/mol. The lowest BCUT2D eigenvalue weighted by molar-refractivity contribution is -0.349. The van der Waals surface area contributed by atoms with Crippen LogP contribution in [0.3, 0.4) is 0 Å². The third-order valence-electron chi connectivity index (χ3n) is 4.53. The van der Waals surface area contributed by atoms with Crippen molar-refractivity contribution in [1.29, 1.82) is 0 Å². The van der Waals surface area contributed by atoms with E-state index in [-0.39, 0.29) is 0 Å². The van der Waals surface area contributed by atoms with Gasteiger partial charge in [0.25, 0.3) is 0 Å². The average Bonchev–Trinajstić information content (AvgIpc) is 2.58. The van der Waals surface area contributed by atoms with Crippen LogP contribution < -0.4 is 0 Å². The summed E-state index contributed by atoms with van der Waals surface area (Å²) >= 11 is 0. The monoisotopic (exact) mass is 354 g/mol. The third-order valence-corrected chi connectivity index (χ3v) is 4.53. The predicted molar refractivity (Wildman–Crippen MR) is 76.6 cm³/mol. The molecule has 0 saturated carbocycles. The molecule has 142 valence electrons. The van der Waals surface area contributed by atoms with Gasteiger partial charge in [-0.25, -0.2) is 0 Å². The maximum Gasteiger partial charge on any atom is 0.187 e. The standard InChI is InChI=1S/C14H26O10/c1-5-12(9(18)7(4-16)22-13(5)21-2)24-14-11(20)10(19)8(17)6(3-15)23-14/h5-20H,3-4H2,1-2H3/t5?,6?,7?,8-,9-,10-,11?,12+,13-,14-/m0/s1. The molecule has 0 aromatic rings. The van der Waals surface area contributed by atoms with E-state index in [4.69, 9.17) is 18.9 Å². The summed E-state index contributed by atoms with van der Waals surface area (Å²) < 4.78 is 21.4. The number of methoxy groups -OCH3 is 1. The molecule has 10 atom stereocenters. The van der Waals surface area contributed by atoms with E-state index in [0.717, 1.165) is 0 Å². The molecule has 10 nitrogen and oxygen atoms in total. The van der Waals surface area contributed by atoms with Gasteiger partial charge in [-0.3, -0.25) is 0 Å². The minimum Gasteiger partial charge on any atom is -0.394 e. The molecule has 0 radical (unpaired) electrons. The molecule has 0 bridgehead atoms. The number of hydrogen-bond acceptors (Lipinski definition) is 10. The molecule has 2 aliphatic heterocycles. The van der Waals surface area contributed by atoms with Gasteiger partial charge in [0.2, 0.25) is 0 Å². The van der Waals surface area contributed by atoms with Gasteiger partial charge in [-0.15, -0.1) is 0 Å². The Morgan fingerprint density at radius 2 is 1.33 bits per heavy atom. The quantitative estimate of drug-likeness (QED) is 0.293. The van der Waals surface area contributed by atoms with Crippen LogP contribution in [0.1, 0.15) is 6.92 Å². The molecular formula is C14H26O10. The topological polar surface area (TPSA) is 158 Å². The Hall–Kier alpha value is -0.400. The summed E-state index contributed by atoms with van der Waals surface area (Å²) in [7, 11) is 1.40. The molecule has 10 heteroatoms. The van der Waals surface area contributed by atoms with Gasteiger partial charge in [0.15, 0.2) is 12.6 Å². The fourth-order valence-corrected chi connectivity index (χ4v) is 3.01. The molecule has 4 unspecified atom stereocenters. The van der Waals surface area contributed by atoms with Crippen molar-refractivity contribution in [1.82, 2.24) is 0 Å². The molecule has 2 heterocycles. The zero-order valence-electron chi connectivity index (χ0n) is 13.5. The van der Waals surface area contributed by atoms with E-state index >= 15 is 0 Å². The highest BCUT2D eigenvalue weighted by molar-refractivity contribution is 4.92. The minimum absolute atomic E-state index is 0.470. The molecule has 2 aliphatic rings. The predicted octanol–water partition coefficient (Wildman–Crippen LogP) is -3.47. The molecular weight excluding hydrogens is 328 g/mol. The third kappa shape index (κ3) is 3.73. The highest BCUT2D eigenvalue weighted by Gasteiger charge is 2.49. The van der Waals surface area contributed by atoms with Crippen LogP contribution >= 0.6 is 0 Å². The second-order valence-electron chi connectivity index (χ2n) is 6.11. The highest BCUT2D eigenvalue weighted by Crippen LogP contribution is 2.32. The van der Waals surface area contributed by atoms with E-state index in [1.807, 2.05) is 0 Å². The van der Waals surface area contributed by atoms with Crippen LogP contribution in [0.5, 0.6) is 0 Å². The number of aliphatic hydroxyl groups is 6. The van der Waals surface area contributed by atoms with Crippen LogP contribution in [0.25, 0.3) is 0 Å². The number of ether oxygens (including phenoxy) is 4. The van der Waals surface area contributed by atoms with E-state index in [1.54, 1.807) is 6.92 Å². The van der Waals surface area contributed by atoms with Crippen LogP contribution in [0, 0.1) is 5.92 Å². The Kier molecular flexibility index (Phi) is 6.90. The summed E-state index contributed by atoms with van der Waals surface area (Å²) in [4.78, 5) is 0. The first-order chi connectivity index (χ1) is 11.3. The summed E-state index contributed by atoms with van der Waals surface area (Å²) in [6, 6.07) is 0. The second kappa shape index (κ2) is 8.32. The Morgan fingerprint density at radius 1 is 0.792 bits per heavy atom. The molecule has 0 aromatic heterocycles. The number of hydrogen-bond donors (Lipinski definition) is 6. The fourth-order valence-electron chi connectivity index (χ4n) is 3.01. The van der Waals surface area contributed by atoms with Crippen molar-refractivity contribution in [3.05, 3.63) is 0 Å². The zero-order valence-corrected chi connectivity index (χ0v) is 13.5. The first-order valence-electron chi connectivity index (χ1n) is 7.78. The van der Waals surface area contributed by atoms with Gasteiger partial charge in [-0.1, -0.05) is 6.92 Å². The Morgan fingerprint density at radius 3 is 1.88 bits per heavy atom. The van der Waals surface area contributed by atoms with Crippen LogP contribution in [-0.2, 0) is 18.9 Å². The first-order valence-corrected chi connectivity index (χ1v) is 7.78. The maximum atomic E-state index is 10.3. The van der Waals surface area contributed by atoms with Crippen molar-refractivity contribution in [2.45, 2.75) is 62.2 Å². The molecule has 2 saturated heterocycles. The second-order valence-corrected chi connectivity index (χ2v) is 6.11. The van der Waals surface area contributed by atoms with Crippen molar-refractivity contribution >= 4 is 0 Å². The van der Waals surface area contributed by atoms with Gasteiger partial charge in [0.05, 0.1) is 19.3 Å². The highest BCUT2D eigenvalue weighted by atomic mass is 16.7. The first kappa shape index (κ1) is 19.9. The van der Waals surface area contributed by atoms with E-state index in [0.29, 0.717) is 0 Å². The van der Waals surface area contributed by atoms with Crippen molar-refractivity contribution in [3.63, 3.8) is 0 Å². The molecule has 0 amide bonds. The lowest BCUT2D eigenvalue weighted by Crippen LogP contribution is -2.63. The van der Waals surface area contributed by atoms with Crippen molar-refractivity contribution in [3.8, 4) is 0 Å². The Bertz CT molecular complexity index is 378. The summed E-state index contributed by atoms with van der Waals surface area (Å²) in [6.07, 6.45) is -11.1. The van der Waals surface area contributed by atoms with E-state index in [2.05, 4.69) is 0 Å². The SMILES string of the molecule is CO[C@H]1OC(CO)[C@H](O)[C@H](O[C@@H]2OC(CO)[C@H](O)[C@H](O)C2O)C1C. The van der Waals surface area contributed by atoms with Crippen molar-refractivity contribution < 1.29 is 49.6 Å². The largest absolute Gasteiger partial charge is 0.394 e. The summed E-state index contributed by atoms with van der Waals surface area (Å²) in [6.45, 7) is 0.624. The van der Waals surface area contributed by atoms with Gasteiger partial charge >= 0.3 is 0 Å². The van der Waals surface area contributed by atoms with E-state index in [1.165, 1.54) is 7.11 Å². The van der Waals surface area contributed by atoms with Crippen LogP contribution in [0.2, 0.25) is 0 Å². The van der Waals surface area contributed by atoms with Gasteiger partial charge in [-0.05, 0) is 0 Å². The van der Waals surface area contributed by atoms with Gasteiger partial charge < -0.3 is 49.6 Å². The Labute approximate surface area is 139 Å². The van der Waals surface area contributed by atoms with Crippen LogP contribution in [0.4, 0.5) is 0 Å². The number of rotatable bonds is 5. The normalized spacial score (nSPS) is 50.0. The van der Waals surface area contributed by atoms with Crippen molar-refractivity contribution in [2.24, 2.45) is 5.92 Å². The lowest BCUT2D eigenvalue weighted by Gasteiger charge is -2.46. The number of aliphatic hydroxyl groups excluding tert-OH is 6. The summed E-state index contributed by atoms with van der Waals surface area (Å²) in [5, 5.41) is 58.4. The molecule has 0 spiro atoms. The van der Waals surface area contributed by atoms with Gasteiger partial charge in [0, 0.05) is 13.0 Å².